The Morgan fingerprint density at radius 3 is 2.03 bits per heavy atom. The van der Waals surface area contributed by atoms with Crippen molar-refractivity contribution in [2.75, 3.05) is 6.61 Å². The van der Waals surface area contributed by atoms with Crippen LogP contribution in [-0.4, -0.2) is 48.3 Å². The van der Waals surface area contributed by atoms with Crippen LogP contribution >= 0.6 is 35.0 Å². The van der Waals surface area contributed by atoms with E-state index in [2.05, 4.69) is 0 Å². The van der Waals surface area contributed by atoms with Gasteiger partial charge in [-0.1, -0.05) is 41.9 Å². The molecule has 1 aliphatic heterocycles. The lowest BCUT2D eigenvalue weighted by Gasteiger charge is -2.43. The van der Waals surface area contributed by atoms with E-state index in [0.29, 0.717) is 14.9 Å². The number of rotatable bonds is 6. The molecule has 1 aromatic rings. The summed E-state index contributed by atoms with van der Waals surface area (Å²) in [5, 5.41) is 0.893. The number of carbonyl (C=O) groups excluding carboxylic acids is 3. The van der Waals surface area contributed by atoms with Crippen molar-refractivity contribution < 1.29 is 33.3 Å². The molecule has 2 rings (SSSR count). The Hall–Kier alpha value is -1.48. The van der Waals surface area contributed by atoms with E-state index >= 15 is 0 Å². The van der Waals surface area contributed by atoms with Gasteiger partial charge in [0, 0.05) is 41.6 Å². The molecule has 0 N–H and O–H groups in total. The van der Waals surface area contributed by atoms with Gasteiger partial charge in [0.1, 0.15) is 30.4 Å². The third-order valence-corrected chi connectivity index (χ3v) is 5.68. The topological polar surface area (TPSA) is 88.1 Å². The summed E-state index contributed by atoms with van der Waals surface area (Å²) in [5.74, 6) is -1.94. The molecule has 1 saturated heterocycles. The number of benzene rings is 1. The molecular weight excluding hydrogens is 443 g/mol. The van der Waals surface area contributed by atoms with Gasteiger partial charge in [0.05, 0.1) is 0 Å². The number of carbonyl (C=O) groups is 3. The van der Waals surface area contributed by atoms with Crippen LogP contribution in [0, 0.1) is 5.92 Å². The SMILES string of the molecule is CC(=O)OCC1O[C@H](Sc2cc(Cl)cc(Cl)c2)C(OC(C)=O)C(C)[C@H]1OC(C)=O. The first-order valence-corrected chi connectivity index (χ1v) is 10.5. The summed E-state index contributed by atoms with van der Waals surface area (Å²) in [4.78, 5) is 35.2. The van der Waals surface area contributed by atoms with E-state index < -0.39 is 47.6 Å². The van der Waals surface area contributed by atoms with Gasteiger partial charge in [-0.3, -0.25) is 14.4 Å². The Morgan fingerprint density at radius 2 is 1.52 bits per heavy atom. The smallest absolute Gasteiger partial charge is 0.303 e. The summed E-state index contributed by atoms with van der Waals surface area (Å²) in [6.07, 6.45) is -2.24. The number of esters is 3. The lowest BCUT2D eigenvalue weighted by atomic mass is 9.91. The molecule has 0 spiro atoms. The van der Waals surface area contributed by atoms with E-state index in [-0.39, 0.29) is 6.61 Å². The molecule has 0 amide bonds. The fourth-order valence-electron chi connectivity index (χ4n) is 2.99. The quantitative estimate of drug-likeness (QED) is 0.462. The largest absolute Gasteiger partial charge is 0.463 e. The summed E-state index contributed by atoms with van der Waals surface area (Å²) in [7, 11) is 0. The highest BCUT2D eigenvalue weighted by molar-refractivity contribution is 7.99. The molecule has 3 unspecified atom stereocenters. The van der Waals surface area contributed by atoms with Crippen LogP contribution in [0.15, 0.2) is 23.1 Å². The maximum Gasteiger partial charge on any atom is 0.303 e. The van der Waals surface area contributed by atoms with Crippen molar-refractivity contribution in [3.05, 3.63) is 28.2 Å². The predicted molar refractivity (Wildman–Crippen MR) is 108 cm³/mol. The Kier molecular flexibility index (Phi) is 8.63. The van der Waals surface area contributed by atoms with E-state index in [1.807, 2.05) is 0 Å². The maximum atomic E-state index is 11.7. The van der Waals surface area contributed by atoms with Gasteiger partial charge in [0.25, 0.3) is 0 Å². The molecule has 1 aliphatic rings. The molecule has 1 heterocycles. The normalized spacial score (nSPS) is 26.5. The van der Waals surface area contributed by atoms with Crippen molar-refractivity contribution in [2.45, 2.75) is 56.3 Å². The van der Waals surface area contributed by atoms with Crippen molar-refractivity contribution in [1.29, 1.82) is 0 Å². The van der Waals surface area contributed by atoms with Crippen LogP contribution in [0.1, 0.15) is 27.7 Å². The van der Waals surface area contributed by atoms with Crippen molar-refractivity contribution in [2.24, 2.45) is 5.92 Å². The van der Waals surface area contributed by atoms with E-state index in [0.717, 1.165) is 0 Å². The lowest BCUT2D eigenvalue weighted by molar-refractivity contribution is -0.212. The minimum atomic E-state index is -0.768. The van der Waals surface area contributed by atoms with Gasteiger partial charge in [0.2, 0.25) is 0 Å². The van der Waals surface area contributed by atoms with Gasteiger partial charge in [-0.2, -0.15) is 0 Å². The molecule has 0 saturated carbocycles. The van der Waals surface area contributed by atoms with E-state index in [9.17, 15) is 14.4 Å². The molecule has 0 bridgehead atoms. The number of hydrogen-bond donors (Lipinski definition) is 0. The minimum Gasteiger partial charge on any atom is -0.463 e. The van der Waals surface area contributed by atoms with Crippen molar-refractivity contribution in [1.82, 2.24) is 0 Å². The Labute approximate surface area is 183 Å². The summed E-state index contributed by atoms with van der Waals surface area (Å²) in [5.41, 5.74) is -0.671. The molecule has 0 aliphatic carbocycles. The average molecular weight is 465 g/mol. The van der Waals surface area contributed by atoms with Crippen LogP contribution in [0.3, 0.4) is 0 Å². The first-order valence-electron chi connectivity index (χ1n) is 8.83. The van der Waals surface area contributed by atoms with Crippen LogP contribution in [0.4, 0.5) is 0 Å². The molecule has 1 fully saturated rings. The fraction of sp³-hybridized carbons (Fsp3) is 0.526. The molecule has 160 valence electrons. The van der Waals surface area contributed by atoms with E-state index in [1.54, 1.807) is 25.1 Å². The van der Waals surface area contributed by atoms with Crippen LogP contribution < -0.4 is 0 Å². The molecule has 5 atom stereocenters. The molecule has 1 aromatic carbocycles. The zero-order valence-corrected chi connectivity index (χ0v) is 18.7. The number of halogens is 2. The van der Waals surface area contributed by atoms with Crippen molar-refractivity contribution >= 4 is 52.9 Å². The highest BCUT2D eigenvalue weighted by Gasteiger charge is 2.48. The molecule has 7 nitrogen and oxygen atoms in total. The third-order valence-electron chi connectivity index (χ3n) is 4.12. The van der Waals surface area contributed by atoms with E-state index in [1.165, 1.54) is 32.5 Å². The number of thioether (sulfide) groups is 1. The Bertz CT molecular complexity index is 751. The lowest BCUT2D eigenvalue weighted by Crippen LogP contribution is -2.56. The summed E-state index contributed by atoms with van der Waals surface area (Å²) in [6.45, 7) is 5.50. The summed E-state index contributed by atoms with van der Waals surface area (Å²) >= 11 is 13.4. The zero-order chi connectivity index (χ0) is 21.7. The second-order valence-electron chi connectivity index (χ2n) is 6.58. The second kappa shape index (κ2) is 10.5. The van der Waals surface area contributed by atoms with Crippen LogP contribution in [0.25, 0.3) is 0 Å². The monoisotopic (exact) mass is 464 g/mol. The zero-order valence-electron chi connectivity index (χ0n) is 16.3. The van der Waals surface area contributed by atoms with Crippen molar-refractivity contribution in [3.63, 3.8) is 0 Å². The average Bonchev–Trinajstić information content (AvgIpc) is 2.57. The minimum absolute atomic E-state index is 0.113. The molecule has 0 aromatic heterocycles. The predicted octanol–water partition coefficient (Wildman–Crippen LogP) is 3.87. The molecular formula is C19H22Cl2O7S. The van der Waals surface area contributed by atoms with Gasteiger partial charge in [-0.25, -0.2) is 0 Å². The maximum absolute atomic E-state index is 11.7. The number of ether oxygens (including phenoxy) is 4. The first kappa shape index (κ1) is 23.8. The van der Waals surface area contributed by atoms with Crippen LogP contribution in [0.2, 0.25) is 10.0 Å². The van der Waals surface area contributed by atoms with E-state index in [4.69, 9.17) is 42.1 Å². The highest BCUT2D eigenvalue weighted by atomic mass is 35.5. The molecule has 29 heavy (non-hydrogen) atoms. The Morgan fingerprint density at radius 1 is 0.966 bits per heavy atom. The summed E-state index contributed by atoms with van der Waals surface area (Å²) < 4.78 is 22.0. The fourth-order valence-corrected chi connectivity index (χ4v) is 4.94. The molecule has 10 heteroatoms. The van der Waals surface area contributed by atoms with Crippen molar-refractivity contribution in [3.8, 4) is 0 Å². The summed E-state index contributed by atoms with van der Waals surface area (Å²) in [6, 6.07) is 5.01. The van der Waals surface area contributed by atoms with Gasteiger partial charge >= 0.3 is 17.9 Å². The van der Waals surface area contributed by atoms with Gasteiger partial charge in [-0.05, 0) is 18.2 Å². The second-order valence-corrected chi connectivity index (χ2v) is 8.62. The Balaban J connectivity index is 2.33. The van der Waals surface area contributed by atoms with Gasteiger partial charge < -0.3 is 18.9 Å². The van der Waals surface area contributed by atoms with Crippen LogP contribution in [-0.2, 0) is 33.3 Å². The highest BCUT2D eigenvalue weighted by Crippen LogP contribution is 2.40. The standard InChI is InChI=1S/C19H22Cl2O7S/c1-9-17(26-11(3)23)16(8-25-10(2)22)28-19(18(9)27-12(4)24)29-15-6-13(20)5-14(21)7-15/h5-7,9,16-19H,8H2,1-4H3/t9?,16?,17-,18?,19-/m1/s1. The van der Waals surface area contributed by atoms with Crippen LogP contribution in [0.5, 0.6) is 0 Å². The third kappa shape index (κ3) is 7.06. The van der Waals surface area contributed by atoms with Gasteiger partial charge in [-0.15, -0.1) is 0 Å². The molecule has 0 radical (unpaired) electrons. The first-order chi connectivity index (χ1) is 13.6. The van der Waals surface area contributed by atoms with Gasteiger partial charge in [0.15, 0.2) is 0 Å². The number of hydrogen-bond acceptors (Lipinski definition) is 8.